The zero-order chi connectivity index (χ0) is 15.6. The van der Waals surface area contributed by atoms with Crippen molar-refractivity contribution in [3.05, 3.63) is 66.2 Å². The van der Waals surface area contributed by atoms with Crippen LogP contribution in [0.3, 0.4) is 0 Å². The molecule has 1 aliphatic heterocycles. The van der Waals surface area contributed by atoms with Gasteiger partial charge in [-0.25, -0.2) is 9.37 Å². The third kappa shape index (κ3) is 2.92. The van der Waals surface area contributed by atoms with Crippen molar-refractivity contribution >= 4 is 0 Å². The summed E-state index contributed by atoms with van der Waals surface area (Å²) in [5.41, 5.74) is 0.868. The predicted molar refractivity (Wildman–Crippen MR) is 83.6 cm³/mol. The first-order valence-electron chi connectivity index (χ1n) is 7.73. The molecule has 0 radical (unpaired) electrons. The van der Waals surface area contributed by atoms with Crippen molar-refractivity contribution in [1.82, 2.24) is 9.55 Å². The molecular formula is C18H17FN2O2. The topological polar surface area (TPSA) is 40.2 Å². The van der Waals surface area contributed by atoms with Gasteiger partial charge in [0.2, 0.25) is 0 Å². The van der Waals surface area contributed by atoms with Crippen LogP contribution in [0.4, 0.5) is 4.39 Å². The Bertz CT molecular complexity index is 785. The van der Waals surface area contributed by atoms with E-state index in [9.17, 15) is 4.39 Å². The van der Waals surface area contributed by atoms with Crippen molar-refractivity contribution in [2.45, 2.75) is 18.9 Å². The molecule has 1 aromatic carbocycles. The number of rotatable bonds is 4. The highest BCUT2D eigenvalue weighted by atomic mass is 19.1. The number of imidazole rings is 1. The Morgan fingerprint density at radius 2 is 2.04 bits per heavy atom. The Morgan fingerprint density at radius 1 is 1.17 bits per heavy atom. The van der Waals surface area contributed by atoms with Gasteiger partial charge in [-0.1, -0.05) is 0 Å². The maximum absolute atomic E-state index is 13.0. The highest BCUT2D eigenvalue weighted by Gasteiger charge is 2.22. The van der Waals surface area contributed by atoms with Gasteiger partial charge in [-0.2, -0.15) is 0 Å². The van der Waals surface area contributed by atoms with E-state index in [0.717, 1.165) is 42.5 Å². The lowest BCUT2D eigenvalue weighted by Gasteiger charge is -2.10. The van der Waals surface area contributed by atoms with Gasteiger partial charge in [0.25, 0.3) is 0 Å². The smallest absolute Gasteiger partial charge is 0.134 e. The molecule has 0 amide bonds. The largest absolute Gasteiger partial charge is 0.459 e. The van der Waals surface area contributed by atoms with Crippen LogP contribution in [-0.2, 0) is 11.3 Å². The number of nitrogens with zero attached hydrogens (tertiary/aromatic N) is 2. The molecule has 0 saturated carbocycles. The molecule has 3 aromatic rings. The average Bonchev–Trinajstić information content (AvgIpc) is 3.29. The van der Waals surface area contributed by atoms with Gasteiger partial charge in [-0.05, 0) is 42.8 Å². The minimum absolute atomic E-state index is 0.248. The van der Waals surface area contributed by atoms with Crippen LogP contribution in [0, 0.1) is 5.82 Å². The summed E-state index contributed by atoms with van der Waals surface area (Å²) >= 11 is 0. The van der Waals surface area contributed by atoms with Gasteiger partial charge in [0.05, 0.1) is 13.2 Å². The molecule has 23 heavy (non-hydrogen) atoms. The summed E-state index contributed by atoms with van der Waals surface area (Å²) in [4.78, 5) is 4.47. The standard InChI is InChI=1S/C18H17FN2O2/c19-15-3-1-13(2-4-15)17-6-5-16(23-17)11-21-9-8-20-18(21)14-7-10-22-12-14/h1-6,8-9,14H,7,10-12H2/t14-/m0/s1. The Balaban J connectivity index is 1.54. The van der Waals surface area contributed by atoms with E-state index < -0.39 is 0 Å². The van der Waals surface area contributed by atoms with Crippen LogP contribution >= 0.6 is 0 Å². The molecule has 2 aromatic heterocycles. The van der Waals surface area contributed by atoms with E-state index in [2.05, 4.69) is 9.55 Å². The fourth-order valence-electron chi connectivity index (χ4n) is 2.95. The second-order valence-corrected chi connectivity index (χ2v) is 5.75. The number of benzene rings is 1. The van der Waals surface area contributed by atoms with Gasteiger partial charge >= 0.3 is 0 Å². The first kappa shape index (κ1) is 14.2. The minimum atomic E-state index is -0.248. The summed E-state index contributed by atoms with van der Waals surface area (Å²) in [6.07, 6.45) is 4.79. The molecule has 4 rings (SSSR count). The van der Waals surface area contributed by atoms with Crippen molar-refractivity contribution < 1.29 is 13.5 Å². The average molecular weight is 312 g/mol. The van der Waals surface area contributed by atoms with E-state index in [1.165, 1.54) is 12.1 Å². The van der Waals surface area contributed by atoms with Gasteiger partial charge in [0.15, 0.2) is 0 Å². The van der Waals surface area contributed by atoms with Crippen LogP contribution in [0.1, 0.15) is 23.9 Å². The number of hydrogen-bond donors (Lipinski definition) is 0. The highest BCUT2D eigenvalue weighted by Crippen LogP contribution is 2.26. The summed E-state index contributed by atoms with van der Waals surface area (Å²) < 4.78 is 26.5. The van der Waals surface area contributed by atoms with Crippen LogP contribution in [0.15, 0.2) is 53.2 Å². The molecule has 118 valence electrons. The van der Waals surface area contributed by atoms with Gasteiger partial charge < -0.3 is 13.7 Å². The molecule has 0 N–H and O–H groups in total. The Hall–Kier alpha value is -2.40. The maximum atomic E-state index is 13.0. The van der Waals surface area contributed by atoms with Gasteiger partial charge in [-0.15, -0.1) is 0 Å². The molecule has 1 aliphatic rings. The molecule has 1 fully saturated rings. The quantitative estimate of drug-likeness (QED) is 0.735. The predicted octanol–water partition coefficient (Wildman–Crippen LogP) is 3.83. The number of ether oxygens (including phenoxy) is 1. The van der Waals surface area contributed by atoms with Crippen LogP contribution < -0.4 is 0 Å². The van der Waals surface area contributed by atoms with Crippen LogP contribution in [-0.4, -0.2) is 22.8 Å². The molecule has 0 bridgehead atoms. The number of hydrogen-bond acceptors (Lipinski definition) is 3. The lowest BCUT2D eigenvalue weighted by molar-refractivity contribution is 0.192. The lowest BCUT2D eigenvalue weighted by atomic mass is 10.1. The zero-order valence-electron chi connectivity index (χ0n) is 12.6. The number of furan rings is 1. The maximum Gasteiger partial charge on any atom is 0.134 e. The van der Waals surface area contributed by atoms with Gasteiger partial charge in [0, 0.05) is 30.5 Å². The van der Waals surface area contributed by atoms with Crippen molar-refractivity contribution in [3.8, 4) is 11.3 Å². The number of halogens is 1. The number of aromatic nitrogens is 2. The van der Waals surface area contributed by atoms with Crippen LogP contribution in [0.25, 0.3) is 11.3 Å². The van der Waals surface area contributed by atoms with E-state index in [0.29, 0.717) is 12.5 Å². The Kier molecular flexibility index (Phi) is 3.71. The molecule has 3 heterocycles. The van der Waals surface area contributed by atoms with E-state index in [1.807, 2.05) is 24.5 Å². The van der Waals surface area contributed by atoms with Crippen molar-refractivity contribution in [1.29, 1.82) is 0 Å². The highest BCUT2D eigenvalue weighted by molar-refractivity contribution is 5.57. The van der Waals surface area contributed by atoms with Gasteiger partial charge in [-0.3, -0.25) is 0 Å². The normalized spacial score (nSPS) is 17.7. The third-order valence-corrected chi connectivity index (χ3v) is 4.16. The second-order valence-electron chi connectivity index (χ2n) is 5.75. The molecular weight excluding hydrogens is 295 g/mol. The van der Waals surface area contributed by atoms with E-state index in [4.69, 9.17) is 9.15 Å². The molecule has 1 atom stereocenters. The van der Waals surface area contributed by atoms with E-state index in [-0.39, 0.29) is 5.82 Å². The zero-order valence-corrected chi connectivity index (χ0v) is 12.6. The van der Waals surface area contributed by atoms with Crippen molar-refractivity contribution in [2.75, 3.05) is 13.2 Å². The van der Waals surface area contributed by atoms with Crippen molar-refractivity contribution in [3.63, 3.8) is 0 Å². The summed E-state index contributed by atoms with van der Waals surface area (Å²) in [6.45, 7) is 2.16. The molecule has 0 unspecified atom stereocenters. The monoisotopic (exact) mass is 312 g/mol. The molecule has 1 saturated heterocycles. The second kappa shape index (κ2) is 6.01. The van der Waals surface area contributed by atoms with E-state index >= 15 is 0 Å². The fraction of sp³-hybridized carbons (Fsp3) is 0.278. The molecule has 5 heteroatoms. The lowest BCUT2D eigenvalue weighted by Crippen LogP contribution is -2.09. The Morgan fingerprint density at radius 3 is 2.83 bits per heavy atom. The van der Waals surface area contributed by atoms with Crippen LogP contribution in [0.2, 0.25) is 0 Å². The third-order valence-electron chi connectivity index (χ3n) is 4.16. The molecule has 0 spiro atoms. The summed E-state index contributed by atoms with van der Waals surface area (Å²) in [5.74, 6) is 2.74. The first-order chi connectivity index (χ1) is 11.3. The minimum Gasteiger partial charge on any atom is -0.459 e. The van der Waals surface area contributed by atoms with E-state index in [1.54, 1.807) is 12.1 Å². The van der Waals surface area contributed by atoms with Crippen LogP contribution in [0.5, 0.6) is 0 Å². The molecule has 0 aliphatic carbocycles. The summed E-state index contributed by atoms with van der Waals surface area (Å²) in [6, 6.07) is 10.2. The summed E-state index contributed by atoms with van der Waals surface area (Å²) in [5, 5.41) is 0. The fourth-order valence-corrected chi connectivity index (χ4v) is 2.95. The Labute approximate surface area is 133 Å². The molecule has 4 nitrogen and oxygen atoms in total. The van der Waals surface area contributed by atoms with Gasteiger partial charge in [0.1, 0.15) is 23.2 Å². The summed E-state index contributed by atoms with van der Waals surface area (Å²) in [7, 11) is 0. The first-order valence-corrected chi connectivity index (χ1v) is 7.73. The van der Waals surface area contributed by atoms with Crippen molar-refractivity contribution in [2.24, 2.45) is 0 Å². The SMILES string of the molecule is Fc1ccc(-c2ccc(Cn3ccnc3[C@H]3CCOC3)o2)cc1.